The lowest BCUT2D eigenvalue weighted by Gasteiger charge is -2.02. The second-order valence-electron chi connectivity index (χ2n) is 3.21. The van der Waals surface area contributed by atoms with Crippen molar-refractivity contribution in [3.63, 3.8) is 0 Å². The van der Waals surface area contributed by atoms with Gasteiger partial charge in [0.2, 0.25) is 0 Å². The molecule has 1 unspecified atom stereocenters. The van der Waals surface area contributed by atoms with Crippen molar-refractivity contribution in [2.24, 2.45) is 0 Å². The van der Waals surface area contributed by atoms with Gasteiger partial charge in [0.15, 0.2) is 0 Å². The van der Waals surface area contributed by atoms with Crippen molar-refractivity contribution in [3.8, 4) is 0 Å². The summed E-state index contributed by atoms with van der Waals surface area (Å²) in [6.45, 7) is 5.75. The van der Waals surface area contributed by atoms with Crippen LogP contribution in [0.15, 0.2) is 0 Å². The fraction of sp³-hybridized carbons (Fsp3) is 0.900. The molecule has 0 saturated heterocycles. The predicted octanol–water partition coefficient (Wildman–Crippen LogP) is 2.93. The monoisotopic (exact) mass is 157 g/mol. The van der Waals surface area contributed by atoms with E-state index in [0.29, 0.717) is 0 Å². The van der Waals surface area contributed by atoms with E-state index in [0.717, 1.165) is 12.8 Å². The molecule has 1 atom stereocenters. The van der Waals surface area contributed by atoms with E-state index in [1.165, 1.54) is 32.1 Å². The maximum atomic E-state index is 8.84. The fourth-order valence-corrected chi connectivity index (χ4v) is 1.16. The first-order valence-electron chi connectivity index (χ1n) is 4.78. The van der Waals surface area contributed by atoms with E-state index in [9.17, 15) is 0 Å². The molecule has 0 fully saturated rings. The lowest BCUT2D eigenvalue weighted by Crippen LogP contribution is -1.98. The summed E-state index contributed by atoms with van der Waals surface area (Å²) in [4.78, 5) is 0. The summed E-state index contributed by atoms with van der Waals surface area (Å²) >= 11 is 0. The SMILES string of the molecule is [CH2]C(O)CCCCCCCC. The first-order valence-corrected chi connectivity index (χ1v) is 4.78. The topological polar surface area (TPSA) is 20.2 Å². The molecular formula is C10H21O. The van der Waals surface area contributed by atoms with Gasteiger partial charge in [-0.05, 0) is 13.3 Å². The number of hydrogen-bond acceptors (Lipinski definition) is 1. The van der Waals surface area contributed by atoms with Gasteiger partial charge in [-0.15, -0.1) is 0 Å². The molecule has 67 valence electrons. The van der Waals surface area contributed by atoms with Crippen molar-refractivity contribution < 1.29 is 5.11 Å². The second kappa shape index (κ2) is 8.06. The molecule has 1 nitrogen and oxygen atoms in total. The van der Waals surface area contributed by atoms with Gasteiger partial charge in [-0.25, -0.2) is 0 Å². The average molecular weight is 157 g/mol. The summed E-state index contributed by atoms with van der Waals surface area (Å²) in [6.07, 6.45) is 8.24. The van der Waals surface area contributed by atoms with Gasteiger partial charge in [-0.3, -0.25) is 0 Å². The Labute approximate surface area is 70.8 Å². The third-order valence-corrected chi connectivity index (χ3v) is 1.89. The number of rotatable bonds is 7. The Balaban J connectivity index is 2.80. The number of unbranched alkanes of at least 4 members (excludes halogenated alkanes) is 5. The van der Waals surface area contributed by atoms with Crippen molar-refractivity contribution in [2.45, 2.75) is 58.0 Å². The van der Waals surface area contributed by atoms with Crippen LogP contribution in [0.5, 0.6) is 0 Å². The van der Waals surface area contributed by atoms with Crippen molar-refractivity contribution in [1.29, 1.82) is 0 Å². The normalized spacial score (nSPS) is 13.4. The zero-order valence-corrected chi connectivity index (χ0v) is 7.68. The van der Waals surface area contributed by atoms with E-state index in [1.807, 2.05) is 0 Å². The van der Waals surface area contributed by atoms with E-state index < -0.39 is 0 Å². The molecule has 0 aromatic rings. The molecule has 0 spiro atoms. The maximum Gasteiger partial charge on any atom is 0.0541 e. The van der Waals surface area contributed by atoms with Gasteiger partial charge in [0, 0.05) is 0 Å². The molecule has 1 radical (unpaired) electrons. The third kappa shape index (κ3) is 9.96. The zero-order chi connectivity index (χ0) is 8.53. The van der Waals surface area contributed by atoms with Crippen LogP contribution in [-0.4, -0.2) is 11.2 Å². The van der Waals surface area contributed by atoms with Gasteiger partial charge >= 0.3 is 0 Å². The Kier molecular flexibility index (Phi) is 8.03. The molecule has 0 saturated carbocycles. The van der Waals surface area contributed by atoms with Gasteiger partial charge in [0.05, 0.1) is 6.10 Å². The van der Waals surface area contributed by atoms with Crippen LogP contribution in [0, 0.1) is 6.92 Å². The summed E-state index contributed by atoms with van der Waals surface area (Å²) in [5, 5.41) is 8.84. The molecule has 0 rings (SSSR count). The molecule has 1 N–H and O–H groups in total. The summed E-state index contributed by atoms with van der Waals surface area (Å²) in [5.41, 5.74) is 0. The highest BCUT2D eigenvalue weighted by molar-refractivity contribution is 4.56. The zero-order valence-electron chi connectivity index (χ0n) is 7.68. The standard InChI is InChI=1S/C10H21O/c1-3-4-5-6-7-8-9-10(2)11/h10-11H,2-9H2,1H3. The molecule has 11 heavy (non-hydrogen) atoms. The molecule has 0 bridgehead atoms. The van der Waals surface area contributed by atoms with Crippen molar-refractivity contribution >= 4 is 0 Å². The minimum atomic E-state index is -0.346. The van der Waals surface area contributed by atoms with Gasteiger partial charge < -0.3 is 5.11 Å². The van der Waals surface area contributed by atoms with Crippen LogP contribution in [0.1, 0.15) is 51.9 Å². The molecular weight excluding hydrogens is 136 g/mol. The molecule has 0 aliphatic rings. The van der Waals surface area contributed by atoms with Crippen LogP contribution < -0.4 is 0 Å². The largest absolute Gasteiger partial charge is 0.393 e. The van der Waals surface area contributed by atoms with Crippen LogP contribution in [-0.2, 0) is 0 Å². The molecule has 0 aliphatic carbocycles. The minimum absolute atomic E-state index is 0.346. The molecule has 0 amide bonds. The number of hydrogen-bond donors (Lipinski definition) is 1. The summed E-state index contributed by atoms with van der Waals surface area (Å²) in [5.74, 6) is 0. The van der Waals surface area contributed by atoms with E-state index >= 15 is 0 Å². The third-order valence-electron chi connectivity index (χ3n) is 1.89. The van der Waals surface area contributed by atoms with Crippen LogP contribution >= 0.6 is 0 Å². The van der Waals surface area contributed by atoms with Crippen LogP contribution in [0.4, 0.5) is 0 Å². The van der Waals surface area contributed by atoms with E-state index in [-0.39, 0.29) is 6.10 Å². The molecule has 0 heterocycles. The Morgan fingerprint density at radius 3 is 2.18 bits per heavy atom. The molecule has 0 aromatic carbocycles. The lowest BCUT2D eigenvalue weighted by atomic mass is 10.1. The van der Waals surface area contributed by atoms with Gasteiger partial charge in [-0.2, -0.15) is 0 Å². The van der Waals surface area contributed by atoms with Crippen LogP contribution in [0.2, 0.25) is 0 Å². The Morgan fingerprint density at radius 2 is 1.64 bits per heavy atom. The lowest BCUT2D eigenvalue weighted by molar-refractivity contribution is 0.205. The number of aliphatic hydroxyl groups excluding tert-OH is 1. The summed E-state index contributed by atoms with van der Waals surface area (Å²) < 4.78 is 0. The molecule has 1 heteroatoms. The Morgan fingerprint density at radius 1 is 1.09 bits per heavy atom. The van der Waals surface area contributed by atoms with E-state index in [1.54, 1.807) is 0 Å². The highest BCUT2D eigenvalue weighted by Crippen LogP contribution is 2.07. The van der Waals surface area contributed by atoms with Gasteiger partial charge in [0.25, 0.3) is 0 Å². The summed E-state index contributed by atoms with van der Waals surface area (Å²) in [6, 6.07) is 0. The van der Waals surface area contributed by atoms with E-state index in [4.69, 9.17) is 5.11 Å². The smallest absolute Gasteiger partial charge is 0.0541 e. The second-order valence-corrected chi connectivity index (χ2v) is 3.21. The first kappa shape index (κ1) is 11.0. The van der Waals surface area contributed by atoms with Crippen LogP contribution in [0.3, 0.4) is 0 Å². The minimum Gasteiger partial charge on any atom is -0.393 e. The Hall–Kier alpha value is -0.0400. The van der Waals surface area contributed by atoms with E-state index in [2.05, 4.69) is 13.8 Å². The molecule has 0 aliphatic heterocycles. The number of aliphatic hydroxyl groups is 1. The van der Waals surface area contributed by atoms with Crippen molar-refractivity contribution in [2.75, 3.05) is 0 Å². The Bertz CT molecular complexity index is 69.3. The first-order chi connectivity index (χ1) is 5.27. The van der Waals surface area contributed by atoms with Crippen LogP contribution in [0.25, 0.3) is 0 Å². The van der Waals surface area contributed by atoms with Crippen molar-refractivity contribution in [3.05, 3.63) is 6.92 Å². The highest BCUT2D eigenvalue weighted by atomic mass is 16.3. The predicted molar refractivity (Wildman–Crippen MR) is 49.4 cm³/mol. The van der Waals surface area contributed by atoms with Gasteiger partial charge in [-0.1, -0.05) is 45.4 Å². The van der Waals surface area contributed by atoms with Gasteiger partial charge in [0.1, 0.15) is 0 Å². The summed E-state index contributed by atoms with van der Waals surface area (Å²) in [7, 11) is 0. The highest BCUT2D eigenvalue weighted by Gasteiger charge is 1.94. The quantitative estimate of drug-likeness (QED) is 0.563. The van der Waals surface area contributed by atoms with Crippen molar-refractivity contribution in [1.82, 2.24) is 0 Å². The average Bonchev–Trinajstić information content (AvgIpc) is 1.96. The fourth-order valence-electron chi connectivity index (χ4n) is 1.16. The molecule has 0 aromatic heterocycles. The maximum absolute atomic E-state index is 8.84.